The van der Waals surface area contributed by atoms with Crippen LogP contribution in [0.3, 0.4) is 0 Å². The molecular formula is C5H12F3NO2. The highest BCUT2D eigenvalue weighted by molar-refractivity contribution is 5.64. The number of hydrogen-bond donors (Lipinski definition) is 2. The Balaban J connectivity index is -0.000000249. The normalized spacial score (nSPS) is 9.55. The maximum Gasteiger partial charge on any atom is 0.405 e. The van der Waals surface area contributed by atoms with E-state index in [1.54, 1.807) is 0 Å². The van der Waals surface area contributed by atoms with Crippen LogP contribution in [-0.4, -0.2) is 23.9 Å². The van der Waals surface area contributed by atoms with Gasteiger partial charge in [-0.3, -0.25) is 0 Å². The summed E-state index contributed by atoms with van der Waals surface area (Å²) in [6.07, 6.45) is -6.13. The van der Waals surface area contributed by atoms with E-state index in [0.717, 1.165) is 0 Å². The molecule has 2 N–H and O–H groups in total. The van der Waals surface area contributed by atoms with Crippen LogP contribution in [0.4, 0.5) is 18.0 Å². The Morgan fingerprint density at radius 1 is 1.55 bits per heavy atom. The van der Waals surface area contributed by atoms with Crippen LogP contribution in [0.25, 0.3) is 0 Å². The molecule has 0 aliphatic carbocycles. The molecule has 70 valence electrons. The molecular weight excluding hydrogens is 163 g/mol. The molecule has 0 aliphatic rings. The third-order valence-electron chi connectivity index (χ3n) is 0.440. The maximum atomic E-state index is 11.1. The molecule has 0 atom stereocenters. The molecule has 0 aromatic carbocycles. The number of carbonyl (C=O) groups is 1. The van der Waals surface area contributed by atoms with E-state index in [2.05, 4.69) is 0 Å². The largest absolute Gasteiger partial charge is 0.465 e. The first kappa shape index (κ1) is 12.7. The summed E-state index contributed by atoms with van der Waals surface area (Å²) in [5, 5.41) is 8.84. The fourth-order valence-corrected chi connectivity index (χ4v) is 0.176. The van der Waals surface area contributed by atoms with E-state index >= 15 is 0 Å². The van der Waals surface area contributed by atoms with Crippen molar-refractivity contribution in [3.05, 3.63) is 0 Å². The van der Waals surface area contributed by atoms with Gasteiger partial charge in [-0.25, -0.2) is 4.79 Å². The minimum absolute atomic E-state index is 0. The van der Waals surface area contributed by atoms with E-state index in [-0.39, 0.29) is 1.43 Å². The molecule has 3 nitrogen and oxygen atoms in total. The SMILES string of the molecule is CC.O=C(O)NCC(F)(F)F.[HH]. The van der Waals surface area contributed by atoms with Gasteiger partial charge in [0.25, 0.3) is 0 Å². The predicted molar refractivity (Wildman–Crippen MR) is 35.5 cm³/mol. The molecule has 11 heavy (non-hydrogen) atoms. The quantitative estimate of drug-likeness (QED) is 0.641. The van der Waals surface area contributed by atoms with Gasteiger partial charge >= 0.3 is 12.3 Å². The Morgan fingerprint density at radius 3 is 2.00 bits per heavy atom. The Labute approximate surface area is 63.7 Å². The van der Waals surface area contributed by atoms with Crippen molar-refractivity contribution in [2.75, 3.05) is 6.54 Å². The van der Waals surface area contributed by atoms with Crippen LogP contribution in [0.15, 0.2) is 0 Å². The summed E-state index contributed by atoms with van der Waals surface area (Å²) >= 11 is 0. The van der Waals surface area contributed by atoms with Crippen molar-refractivity contribution >= 4 is 6.09 Å². The number of halogens is 3. The molecule has 0 rings (SSSR count). The van der Waals surface area contributed by atoms with Gasteiger partial charge in [0.1, 0.15) is 6.54 Å². The second-order valence-electron chi connectivity index (χ2n) is 1.27. The molecule has 0 radical (unpaired) electrons. The zero-order chi connectivity index (χ0) is 9.49. The Kier molecular flexibility index (Phi) is 6.72. The predicted octanol–water partition coefficient (Wildman–Crippen LogP) is 2.09. The highest BCUT2D eigenvalue weighted by Gasteiger charge is 2.27. The van der Waals surface area contributed by atoms with E-state index in [9.17, 15) is 18.0 Å². The minimum Gasteiger partial charge on any atom is -0.465 e. The first-order chi connectivity index (χ1) is 4.92. The van der Waals surface area contributed by atoms with Gasteiger partial charge in [0.05, 0.1) is 0 Å². The highest BCUT2D eigenvalue weighted by Crippen LogP contribution is 2.11. The van der Waals surface area contributed by atoms with Crippen LogP contribution in [0.5, 0.6) is 0 Å². The lowest BCUT2D eigenvalue weighted by atomic mass is 10.6. The van der Waals surface area contributed by atoms with Gasteiger partial charge in [0, 0.05) is 1.43 Å². The van der Waals surface area contributed by atoms with Gasteiger partial charge in [-0.2, -0.15) is 13.2 Å². The van der Waals surface area contributed by atoms with Crippen LogP contribution in [-0.2, 0) is 0 Å². The second-order valence-corrected chi connectivity index (χ2v) is 1.27. The molecule has 0 saturated carbocycles. The number of hydrogen-bond acceptors (Lipinski definition) is 1. The Hall–Kier alpha value is -0.940. The van der Waals surface area contributed by atoms with Gasteiger partial charge in [-0.15, -0.1) is 0 Å². The van der Waals surface area contributed by atoms with Gasteiger partial charge < -0.3 is 10.4 Å². The number of nitrogens with one attached hydrogen (secondary N) is 1. The van der Waals surface area contributed by atoms with Crippen molar-refractivity contribution in [2.24, 2.45) is 0 Å². The molecule has 0 saturated heterocycles. The number of alkyl halides is 3. The van der Waals surface area contributed by atoms with Gasteiger partial charge in [0.15, 0.2) is 0 Å². The second kappa shape index (κ2) is 5.82. The third-order valence-corrected chi connectivity index (χ3v) is 0.440. The molecule has 0 fully saturated rings. The lowest BCUT2D eigenvalue weighted by Crippen LogP contribution is -2.32. The molecule has 0 aromatic rings. The van der Waals surface area contributed by atoms with Crippen molar-refractivity contribution in [1.29, 1.82) is 0 Å². The summed E-state index contributed by atoms with van der Waals surface area (Å²) in [5.74, 6) is 0. The number of rotatable bonds is 1. The van der Waals surface area contributed by atoms with Crippen LogP contribution in [0.1, 0.15) is 15.3 Å². The summed E-state index contributed by atoms with van der Waals surface area (Å²) in [4.78, 5) is 9.43. The van der Waals surface area contributed by atoms with E-state index in [1.807, 2.05) is 13.8 Å². The third kappa shape index (κ3) is 17.6. The van der Waals surface area contributed by atoms with Crippen molar-refractivity contribution in [3.8, 4) is 0 Å². The standard InChI is InChI=1S/C3H4F3NO2.C2H6.H2/c4-3(5,6)1-7-2(8)9;1-2;/h7H,1H2,(H,8,9);1-2H3;1H. The van der Waals surface area contributed by atoms with Gasteiger partial charge in [-0.1, -0.05) is 13.8 Å². The van der Waals surface area contributed by atoms with Crippen LogP contribution in [0, 0.1) is 0 Å². The maximum absolute atomic E-state index is 11.1. The smallest absolute Gasteiger partial charge is 0.405 e. The summed E-state index contributed by atoms with van der Waals surface area (Å²) in [6, 6.07) is 0. The van der Waals surface area contributed by atoms with Crippen molar-refractivity contribution < 1.29 is 24.5 Å². The van der Waals surface area contributed by atoms with E-state index in [0.29, 0.717) is 0 Å². The molecule has 0 unspecified atom stereocenters. The van der Waals surface area contributed by atoms with E-state index in [4.69, 9.17) is 5.11 Å². The molecule has 0 heterocycles. The summed E-state index contributed by atoms with van der Waals surface area (Å²) in [5.41, 5.74) is 0. The van der Waals surface area contributed by atoms with Crippen LogP contribution < -0.4 is 5.32 Å². The van der Waals surface area contributed by atoms with Gasteiger partial charge in [-0.05, 0) is 0 Å². The molecule has 0 aromatic heterocycles. The monoisotopic (exact) mass is 175 g/mol. The van der Waals surface area contributed by atoms with E-state index in [1.165, 1.54) is 5.32 Å². The molecule has 0 aliphatic heterocycles. The number of carboxylic acid groups (broad SMARTS) is 1. The number of amides is 1. The lowest BCUT2D eigenvalue weighted by molar-refractivity contribution is -0.123. The molecule has 6 heteroatoms. The zero-order valence-corrected chi connectivity index (χ0v) is 6.20. The average molecular weight is 175 g/mol. The zero-order valence-electron chi connectivity index (χ0n) is 6.20. The summed E-state index contributed by atoms with van der Waals surface area (Å²) < 4.78 is 33.3. The lowest BCUT2D eigenvalue weighted by Gasteiger charge is -2.03. The minimum atomic E-state index is -4.46. The summed E-state index contributed by atoms with van der Waals surface area (Å²) in [7, 11) is 0. The summed E-state index contributed by atoms with van der Waals surface area (Å²) in [6.45, 7) is 2.50. The molecule has 0 spiro atoms. The van der Waals surface area contributed by atoms with Crippen molar-refractivity contribution in [2.45, 2.75) is 20.0 Å². The fraction of sp³-hybridized carbons (Fsp3) is 0.800. The highest BCUT2D eigenvalue weighted by atomic mass is 19.4. The van der Waals surface area contributed by atoms with E-state index < -0.39 is 18.8 Å². The molecule has 0 bridgehead atoms. The van der Waals surface area contributed by atoms with Gasteiger partial charge in [0.2, 0.25) is 0 Å². The van der Waals surface area contributed by atoms with Crippen molar-refractivity contribution in [3.63, 3.8) is 0 Å². The Bertz CT molecular complexity index is 118. The fourth-order valence-electron chi connectivity index (χ4n) is 0.176. The Morgan fingerprint density at radius 2 is 1.91 bits per heavy atom. The van der Waals surface area contributed by atoms with Crippen molar-refractivity contribution in [1.82, 2.24) is 5.32 Å². The topological polar surface area (TPSA) is 49.3 Å². The average Bonchev–Trinajstić information content (AvgIpc) is 1.87. The molecule has 1 amide bonds. The first-order valence-corrected chi connectivity index (χ1v) is 2.95. The van der Waals surface area contributed by atoms with Crippen LogP contribution >= 0.6 is 0 Å². The first-order valence-electron chi connectivity index (χ1n) is 2.95. The van der Waals surface area contributed by atoms with Crippen LogP contribution in [0.2, 0.25) is 0 Å².